The topological polar surface area (TPSA) is 101 Å². The number of hydrogen-bond donors (Lipinski definition) is 2. The Labute approximate surface area is 187 Å². The van der Waals surface area contributed by atoms with Gasteiger partial charge in [-0.05, 0) is 17.7 Å². The first-order valence-electron chi connectivity index (χ1n) is 10.5. The number of nitrogen functional groups attached to an aromatic ring is 1. The Bertz CT molecular complexity index is 1260. The second-order valence-electron chi connectivity index (χ2n) is 8.17. The van der Waals surface area contributed by atoms with Crippen LogP contribution < -0.4 is 16.0 Å². The first-order valence-corrected chi connectivity index (χ1v) is 10.5. The zero-order valence-electron chi connectivity index (χ0n) is 18.7. The zero-order chi connectivity index (χ0) is 22.8. The minimum Gasteiger partial charge on any atom is -0.382 e. The number of carbonyl (C=O) groups excluding carboxylic acids is 1. The van der Waals surface area contributed by atoms with E-state index in [1.54, 1.807) is 4.52 Å². The highest BCUT2D eigenvalue weighted by Gasteiger charge is 2.19. The van der Waals surface area contributed by atoms with Crippen LogP contribution in [0.4, 0.5) is 11.5 Å². The zero-order valence-corrected chi connectivity index (χ0v) is 18.7. The molecule has 32 heavy (non-hydrogen) atoms. The van der Waals surface area contributed by atoms with Crippen molar-refractivity contribution < 1.29 is 4.79 Å². The average Bonchev–Trinajstić information content (AvgIpc) is 3.19. The van der Waals surface area contributed by atoms with Gasteiger partial charge >= 0.3 is 0 Å². The number of hydrogen-bond acceptors (Lipinski definition) is 6. The number of carbonyl (C=O) groups is 1. The van der Waals surface area contributed by atoms with Gasteiger partial charge in [0.05, 0.1) is 5.56 Å². The van der Waals surface area contributed by atoms with Crippen LogP contribution in [0.2, 0.25) is 0 Å². The van der Waals surface area contributed by atoms with Crippen LogP contribution in [0.15, 0.2) is 54.9 Å². The molecule has 2 heterocycles. The van der Waals surface area contributed by atoms with Gasteiger partial charge < -0.3 is 16.0 Å². The van der Waals surface area contributed by atoms with Gasteiger partial charge in [0, 0.05) is 37.8 Å². The van der Waals surface area contributed by atoms with Crippen molar-refractivity contribution in [3.05, 3.63) is 71.8 Å². The molecule has 4 aromatic rings. The molecule has 4 rings (SSSR count). The van der Waals surface area contributed by atoms with E-state index in [-0.39, 0.29) is 11.8 Å². The number of fused-ring (bicyclic) bond motifs is 1. The van der Waals surface area contributed by atoms with Crippen molar-refractivity contribution in [2.75, 3.05) is 24.7 Å². The van der Waals surface area contributed by atoms with E-state index < -0.39 is 0 Å². The Morgan fingerprint density at radius 1 is 1.12 bits per heavy atom. The van der Waals surface area contributed by atoms with Crippen molar-refractivity contribution in [1.29, 1.82) is 0 Å². The van der Waals surface area contributed by atoms with E-state index in [0.717, 1.165) is 28.3 Å². The van der Waals surface area contributed by atoms with Crippen LogP contribution in [-0.2, 0) is 6.54 Å². The molecular weight excluding hydrogens is 402 g/mol. The van der Waals surface area contributed by atoms with Crippen molar-refractivity contribution in [3.63, 3.8) is 0 Å². The summed E-state index contributed by atoms with van der Waals surface area (Å²) >= 11 is 0. The molecule has 2 aromatic heterocycles. The molecule has 0 unspecified atom stereocenters. The maximum atomic E-state index is 12.7. The number of aromatic nitrogens is 4. The second kappa shape index (κ2) is 8.66. The quantitative estimate of drug-likeness (QED) is 0.486. The van der Waals surface area contributed by atoms with Crippen molar-refractivity contribution >= 4 is 22.9 Å². The highest BCUT2D eigenvalue weighted by Crippen LogP contribution is 2.29. The highest BCUT2D eigenvalue weighted by molar-refractivity contribution is 5.99. The van der Waals surface area contributed by atoms with E-state index in [2.05, 4.69) is 29.2 Å². The minimum atomic E-state index is -0.107. The predicted octanol–water partition coefficient (Wildman–Crippen LogP) is 3.49. The van der Waals surface area contributed by atoms with Crippen LogP contribution in [0.25, 0.3) is 16.8 Å². The number of imidazole rings is 1. The van der Waals surface area contributed by atoms with E-state index in [1.807, 2.05) is 67.5 Å². The lowest BCUT2D eigenvalue weighted by molar-refractivity contribution is 0.0951. The predicted molar refractivity (Wildman–Crippen MR) is 127 cm³/mol. The lowest BCUT2D eigenvalue weighted by atomic mass is 10.1. The molecule has 164 valence electrons. The lowest BCUT2D eigenvalue weighted by Gasteiger charge is -2.17. The molecule has 0 atom stereocenters. The molecular formula is C24H27N7O. The van der Waals surface area contributed by atoms with Gasteiger partial charge in [-0.2, -0.15) is 5.10 Å². The van der Waals surface area contributed by atoms with Gasteiger partial charge in [-0.3, -0.25) is 4.79 Å². The summed E-state index contributed by atoms with van der Waals surface area (Å²) in [4.78, 5) is 23.6. The Morgan fingerprint density at radius 2 is 1.84 bits per heavy atom. The standard InChI is InChI=1S/C24H27N7O/c1-15(2)23-29-20(21-22(25)27-14-28-31(21)23)17-11-9-16(10-12-17)13-26-24(32)18-7-5-6-8-19(18)30(3)4/h5-12,14-15H,13H2,1-4H3,(H,26,32)(H2,25,27,28). The molecule has 0 aliphatic heterocycles. The minimum absolute atomic E-state index is 0.107. The highest BCUT2D eigenvalue weighted by atomic mass is 16.1. The van der Waals surface area contributed by atoms with Crippen LogP contribution in [0.1, 0.15) is 41.5 Å². The SMILES string of the molecule is CC(C)c1nc(-c2ccc(CNC(=O)c3ccccc3N(C)C)cc2)c2c(N)ncnn12. The summed E-state index contributed by atoms with van der Waals surface area (Å²) in [5, 5.41) is 7.34. The smallest absolute Gasteiger partial charge is 0.253 e. The summed E-state index contributed by atoms with van der Waals surface area (Å²) in [6.45, 7) is 4.56. The molecule has 0 saturated heterocycles. The number of anilines is 2. The largest absolute Gasteiger partial charge is 0.382 e. The molecule has 1 amide bonds. The first-order chi connectivity index (χ1) is 15.4. The van der Waals surface area contributed by atoms with Gasteiger partial charge in [0.15, 0.2) is 5.82 Å². The maximum absolute atomic E-state index is 12.7. The van der Waals surface area contributed by atoms with Crippen LogP contribution in [-0.4, -0.2) is 39.6 Å². The van der Waals surface area contributed by atoms with Crippen LogP contribution in [0.3, 0.4) is 0 Å². The van der Waals surface area contributed by atoms with Gasteiger partial charge in [0.25, 0.3) is 5.91 Å². The van der Waals surface area contributed by atoms with Gasteiger partial charge in [-0.1, -0.05) is 50.2 Å². The average molecular weight is 430 g/mol. The third-order valence-corrected chi connectivity index (χ3v) is 5.31. The third-order valence-electron chi connectivity index (χ3n) is 5.31. The van der Waals surface area contributed by atoms with Gasteiger partial charge in [-0.15, -0.1) is 0 Å². The van der Waals surface area contributed by atoms with E-state index >= 15 is 0 Å². The van der Waals surface area contributed by atoms with E-state index in [0.29, 0.717) is 23.4 Å². The Kier molecular flexibility index (Phi) is 5.77. The molecule has 8 heteroatoms. The molecule has 3 N–H and O–H groups in total. The fourth-order valence-electron chi connectivity index (χ4n) is 3.67. The van der Waals surface area contributed by atoms with Gasteiger partial charge in [-0.25, -0.2) is 14.5 Å². The van der Waals surface area contributed by atoms with Crippen LogP contribution >= 0.6 is 0 Å². The Morgan fingerprint density at radius 3 is 2.53 bits per heavy atom. The number of benzene rings is 2. The number of nitrogens with two attached hydrogens (primary N) is 1. The van der Waals surface area contributed by atoms with Crippen molar-refractivity contribution in [3.8, 4) is 11.3 Å². The summed E-state index contributed by atoms with van der Waals surface area (Å²) in [5.41, 5.74) is 11.0. The molecule has 0 aliphatic rings. The monoisotopic (exact) mass is 429 g/mol. The van der Waals surface area contributed by atoms with Crippen LogP contribution in [0, 0.1) is 0 Å². The van der Waals surface area contributed by atoms with Crippen LogP contribution in [0.5, 0.6) is 0 Å². The Balaban J connectivity index is 1.56. The number of rotatable bonds is 6. The first kappa shape index (κ1) is 21.3. The number of nitrogens with zero attached hydrogens (tertiary/aromatic N) is 5. The summed E-state index contributed by atoms with van der Waals surface area (Å²) in [6, 6.07) is 15.5. The van der Waals surface area contributed by atoms with Crippen molar-refractivity contribution in [1.82, 2.24) is 24.9 Å². The number of nitrogens with one attached hydrogen (secondary N) is 1. The molecule has 0 saturated carbocycles. The van der Waals surface area contributed by atoms with E-state index in [9.17, 15) is 4.79 Å². The van der Waals surface area contributed by atoms with Crippen molar-refractivity contribution in [2.45, 2.75) is 26.3 Å². The summed E-state index contributed by atoms with van der Waals surface area (Å²) in [5.74, 6) is 1.31. The summed E-state index contributed by atoms with van der Waals surface area (Å²) in [7, 11) is 3.85. The molecule has 0 spiro atoms. The number of para-hydroxylation sites is 1. The van der Waals surface area contributed by atoms with E-state index in [4.69, 9.17) is 10.7 Å². The summed E-state index contributed by atoms with van der Waals surface area (Å²) in [6.07, 6.45) is 1.44. The number of amides is 1. The molecule has 2 aromatic carbocycles. The molecule has 8 nitrogen and oxygen atoms in total. The molecule has 0 radical (unpaired) electrons. The fraction of sp³-hybridized carbons (Fsp3) is 0.250. The molecule has 0 aliphatic carbocycles. The molecule has 0 bridgehead atoms. The lowest BCUT2D eigenvalue weighted by Crippen LogP contribution is -2.25. The van der Waals surface area contributed by atoms with Crippen molar-refractivity contribution in [2.24, 2.45) is 0 Å². The van der Waals surface area contributed by atoms with Gasteiger partial charge in [0.2, 0.25) is 0 Å². The van der Waals surface area contributed by atoms with Gasteiger partial charge in [0.1, 0.15) is 23.4 Å². The third kappa shape index (κ3) is 3.99. The fourth-order valence-corrected chi connectivity index (χ4v) is 3.67. The second-order valence-corrected chi connectivity index (χ2v) is 8.17. The maximum Gasteiger partial charge on any atom is 0.253 e. The normalized spacial score (nSPS) is 11.2. The Hall–Kier alpha value is -3.94. The summed E-state index contributed by atoms with van der Waals surface area (Å²) < 4.78 is 1.76. The molecule has 0 fully saturated rings. The van der Waals surface area contributed by atoms with E-state index in [1.165, 1.54) is 6.33 Å².